The Kier molecular flexibility index (Phi) is 6.73. The van der Waals surface area contributed by atoms with E-state index in [1.165, 1.54) is 24.3 Å². The van der Waals surface area contributed by atoms with Crippen molar-refractivity contribution in [1.29, 1.82) is 0 Å². The van der Waals surface area contributed by atoms with Crippen LogP contribution < -0.4 is 0 Å². The maximum atomic E-state index is 13.2. The number of ketones is 1. The summed E-state index contributed by atoms with van der Waals surface area (Å²) in [7, 11) is -3.89. The summed E-state index contributed by atoms with van der Waals surface area (Å²) in [6, 6.07) is 18.4. The van der Waals surface area contributed by atoms with E-state index in [0.717, 1.165) is 0 Å². The minimum atomic E-state index is -3.89. The number of rotatable bonds is 7. The van der Waals surface area contributed by atoms with Crippen LogP contribution in [0.1, 0.15) is 21.9 Å². The van der Waals surface area contributed by atoms with Crippen LogP contribution in [0.2, 0.25) is 10.0 Å². The van der Waals surface area contributed by atoms with Gasteiger partial charge in [-0.3, -0.25) is 4.79 Å². The Morgan fingerprint density at radius 2 is 1.24 bits per heavy atom. The monoisotopic (exact) mass is 450 g/mol. The fourth-order valence-electron chi connectivity index (χ4n) is 3.07. The molecule has 0 spiro atoms. The van der Waals surface area contributed by atoms with Crippen molar-refractivity contribution in [1.82, 2.24) is 0 Å². The fourth-order valence-corrected chi connectivity index (χ4v) is 5.18. The van der Waals surface area contributed by atoms with E-state index in [1.807, 2.05) is 0 Å². The normalized spacial score (nSPS) is 11.6. The van der Waals surface area contributed by atoms with Crippen LogP contribution in [0.15, 0.2) is 72.8 Å². The SMILES string of the molecule is O=C(Cc1ccc(F)cc1)CS(=O)(=O)C(c1ccc(Cl)cc1)c1ccc(Cl)cc1. The van der Waals surface area contributed by atoms with Gasteiger partial charge in [0.25, 0.3) is 0 Å². The lowest BCUT2D eigenvalue weighted by Gasteiger charge is -2.19. The maximum absolute atomic E-state index is 13.2. The van der Waals surface area contributed by atoms with Crippen LogP contribution >= 0.6 is 23.2 Å². The molecule has 3 rings (SSSR count). The molecule has 0 saturated carbocycles. The zero-order chi connectivity index (χ0) is 21.0. The van der Waals surface area contributed by atoms with Crippen LogP contribution in [0.4, 0.5) is 4.39 Å². The fraction of sp³-hybridized carbons (Fsp3) is 0.136. The third-order valence-electron chi connectivity index (χ3n) is 4.38. The van der Waals surface area contributed by atoms with E-state index in [9.17, 15) is 17.6 Å². The van der Waals surface area contributed by atoms with Gasteiger partial charge in [-0.1, -0.05) is 59.6 Å². The lowest BCUT2D eigenvalue weighted by atomic mass is 10.0. The first kappa shape index (κ1) is 21.5. The second-order valence-corrected chi connectivity index (χ2v) is 9.59. The molecule has 0 aliphatic rings. The van der Waals surface area contributed by atoms with Crippen molar-refractivity contribution in [2.75, 3.05) is 5.75 Å². The molecule has 150 valence electrons. The molecule has 0 radical (unpaired) electrons. The number of carbonyl (C=O) groups is 1. The van der Waals surface area contributed by atoms with Gasteiger partial charge in [0.05, 0.1) is 0 Å². The Bertz CT molecular complexity index is 1050. The van der Waals surface area contributed by atoms with Gasteiger partial charge in [0.2, 0.25) is 0 Å². The number of benzene rings is 3. The highest BCUT2D eigenvalue weighted by Gasteiger charge is 2.31. The third kappa shape index (κ3) is 5.66. The number of hydrogen-bond acceptors (Lipinski definition) is 3. The topological polar surface area (TPSA) is 51.2 Å². The zero-order valence-corrected chi connectivity index (χ0v) is 17.5. The Morgan fingerprint density at radius 3 is 1.69 bits per heavy atom. The molecule has 3 aromatic rings. The van der Waals surface area contributed by atoms with Crippen molar-refractivity contribution in [2.24, 2.45) is 0 Å². The summed E-state index contributed by atoms with van der Waals surface area (Å²) in [5.41, 5.74) is 1.57. The molecular formula is C22H17Cl2FO3S. The Hall–Kier alpha value is -2.21. The molecule has 7 heteroatoms. The minimum absolute atomic E-state index is 0.0898. The lowest BCUT2D eigenvalue weighted by Crippen LogP contribution is -2.24. The van der Waals surface area contributed by atoms with Gasteiger partial charge < -0.3 is 0 Å². The predicted molar refractivity (Wildman–Crippen MR) is 114 cm³/mol. The molecule has 3 nitrogen and oxygen atoms in total. The molecule has 0 N–H and O–H groups in total. The first-order valence-electron chi connectivity index (χ1n) is 8.73. The van der Waals surface area contributed by atoms with Gasteiger partial charge >= 0.3 is 0 Å². The highest BCUT2D eigenvalue weighted by molar-refractivity contribution is 7.92. The third-order valence-corrected chi connectivity index (χ3v) is 6.87. The van der Waals surface area contributed by atoms with Gasteiger partial charge in [-0.2, -0.15) is 0 Å². The molecule has 3 aromatic carbocycles. The van der Waals surface area contributed by atoms with Crippen molar-refractivity contribution >= 4 is 38.8 Å². The van der Waals surface area contributed by atoms with Gasteiger partial charge in [0.1, 0.15) is 16.8 Å². The highest BCUT2D eigenvalue weighted by Crippen LogP contribution is 2.32. The van der Waals surface area contributed by atoms with E-state index in [2.05, 4.69) is 0 Å². The molecule has 0 bridgehead atoms. The first-order chi connectivity index (χ1) is 13.7. The molecule has 0 saturated heterocycles. The smallest absolute Gasteiger partial charge is 0.168 e. The number of halogens is 3. The van der Waals surface area contributed by atoms with E-state index >= 15 is 0 Å². The summed E-state index contributed by atoms with van der Waals surface area (Å²) in [5.74, 6) is -1.52. The Balaban J connectivity index is 1.90. The van der Waals surface area contributed by atoms with Crippen molar-refractivity contribution in [2.45, 2.75) is 11.7 Å². The highest BCUT2D eigenvalue weighted by atomic mass is 35.5. The van der Waals surface area contributed by atoms with E-state index in [-0.39, 0.29) is 6.42 Å². The quantitative estimate of drug-likeness (QED) is 0.480. The van der Waals surface area contributed by atoms with Crippen LogP contribution in [0, 0.1) is 5.82 Å². The van der Waals surface area contributed by atoms with Crippen molar-refractivity contribution in [3.63, 3.8) is 0 Å². The molecule has 0 unspecified atom stereocenters. The van der Waals surface area contributed by atoms with Crippen LogP contribution in [0.5, 0.6) is 0 Å². The number of hydrogen-bond donors (Lipinski definition) is 0. The molecule has 0 amide bonds. The first-order valence-corrected chi connectivity index (χ1v) is 11.2. The Morgan fingerprint density at radius 1 is 0.793 bits per heavy atom. The molecule has 0 fully saturated rings. The average molecular weight is 451 g/mol. The second kappa shape index (κ2) is 9.08. The van der Waals surface area contributed by atoms with Gasteiger partial charge in [-0.15, -0.1) is 0 Å². The summed E-state index contributed by atoms with van der Waals surface area (Å²) in [6.45, 7) is 0. The molecular weight excluding hydrogens is 434 g/mol. The van der Waals surface area contributed by atoms with Crippen molar-refractivity contribution in [3.8, 4) is 0 Å². The summed E-state index contributed by atoms with van der Waals surface area (Å²) in [4.78, 5) is 12.5. The molecule has 29 heavy (non-hydrogen) atoms. The average Bonchev–Trinajstić information content (AvgIpc) is 2.66. The molecule has 0 aromatic heterocycles. The van der Waals surface area contributed by atoms with Gasteiger partial charge in [-0.25, -0.2) is 12.8 Å². The van der Waals surface area contributed by atoms with Crippen LogP contribution in [0.3, 0.4) is 0 Å². The lowest BCUT2D eigenvalue weighted by molar-refractivity contribution is -0.116. The zero-order valence-electron chi connectivity index (χ0n) is 15.2. The summed E-state index contributed by atoms with van der Waals surface area (Å²) in [5, 5.41) is -0.0732. The van der Waals surface area contributed by atoms with E-state index in [1.54, 1.807) is 48.5 Å². The van der Waals surface area contributed by atoms with Crippen LogP contribution in [-0.2, 0) is 21.1 Å². The largest absolute Gasteiger partial charge is 0.298 e. The van der Waals surface area contributed by atoms with Gasteiger partial charge in [0.15, 0.2) is 15.6 Å². The van der Waals surface area contributed by atoms with Crippen molar-refractivity contribution < 1.29 is 17.6 Å². The predicted octanol–water partition coefficient (Wildman–Crippen LogP) is 5.45. The summed E-state index contributed by atoms with van der Waals surface area (Å²) >= 11 is 11.9. The maximum Gasteiger partial charge on any atom is 0.168 e. The van der Waals surface area contributed by atoms with E-state index in [4.69, 9.17) is 23.2 Å². The second-order valence-electron chi connectivity index (χ2n) is 6.63. The number of Topliss-reactive ketones (excluding diaryl/α,β-unsaturated/α-hetero) is 1. The van der Waals surface area contributed by atoms with Gasteiger partial charge in [-0.05, 0) is 53.1 Å². The van der Waals surface area contributed by atoms with E-state index < -0.39 is 32.4 Å². The number of carbonyl (C=O) groups excluding carboxylic acids is 1. The molecule has 0 aliphatic heterocycles. The Labute approximate surface area is 179 Å². The van der Waals surface area contributed by atoms with Crippen molar-refractivity contribution in [3.05, 3.63) is 105 Å². The molecule has 0 aliphatic carbocycles. The minimum Gasteiger partial charge on any atom is -0.298 e. The van der Waals surface area contributed by atoms with Crippen LogP contribution in [-0.4, -0.2) is 20.0 Å². The summed E-state index contributed by atoms with van der Waals surface area (Å²) in [6.07, 6.45) is -0.0898. The van der Waals surface area contributed by atoms with E-state index in [0.29, 0.717) is 26.7 Å². The van der Waals surface area contributed by atoms with Gasteiger partial charge in [0, 0.05) is 16.5 Å². The summed E-state index contributed by atoms with van der Waals surface area (Å²) < 4.78 is 39.5. The molecule has 0 atom stereocenters. The standard InChI is InChI=1S/C22H17Cl2FO3S/c23-18-7-3-16(4-8-18)22(17-5-9-19(24)10-6-17)29(27,28)14-21(26)13-15-1-11-20(25)12-2-15/h1-12,22H,13-14H2. The number of sulfone groups is 1. The molecule has 0 heterocycles. The van der Waals surface area contributed by atoms with Crippen LogP contribution in [0.25, 0.3) is 0 Å².